The summed E-state index contributed by atoms with van der Waals surface area (Å²) in [5.74, 6) is 1.39. The van der Waals surface area contributed by atoms with Gasteiger partial charge in [0.2, 0.25) is 0 Å². The first-order valence-electron chi connectivity index (χ1n) is 18.3. The van der Waals surface area contributed by atoms with Gasteiger partial charge in [-0.2, -0.15) is 12.1 Å². The van der Waals surface area contributed by atoms with Crippen LogP contribution in [0.4, 0.5) is 0 Å². The molecule has 0 aromatic heterocycles. The molecule has 0 nitrogen and oxygen atoms in total. The van der Waals surface area contributed by atoms with E-state index < -0.39 is 0 Å². The zero-order valence-corrected chi connectivity index (χ0v) is 36.4. The van der Waals surface area contributed by atoms with Crippen molar-refractivity contribution in [1.29, 1.82) is 0 Å². The van der Waals surface area contributed by atoms with Crippen LogP contribution < -0.4 is 24.8 Å². The van der Waals surface area contributed by atoms with E-state index in [2.05, 4.69) is 192 Å². The molecule has 3 heteroatoms. The number of rotatable bonds is 6. The summed E-state index contributed by atoms with van der Waals surface area (Å²) in [4.78, 5) is 0. The van der Waals surface area contributed by atoms with Gasteiger partial charge in [-0.25, -0.2) is 0 Å². The molecular formula is C49H60Cl2Ti-4. The minimum absolute atomic E-state index is 0. The van der Waals surface area contributed by atoms with Gasteiger partial charge in [0.05, 0.1) is 0 Å². The first-order valence-corrected chi connectivity index (χ1v) is 18.3. The second kappa shape index (κ2) is 20.7. The van der Waals surface area contributed by atoms with E-state index in [9.17, 15) is 0 Å². The fourth-order valence-corrected chi connectivity index (χ4v) is 6.58. The zero-order chi connectivity index (χ0) is 35.9. The van der Waals surface area contributed by atoms with Crippen LogP contribution in [-0.4, -0.2) is 0 Å². The maximum atomic E-state index is 3.38. The van der Waals surface area contributed by atoms with E-state index in [1.165, 1.54) is 66.1 Å². The molecule has 0 amide bonds. The second-order valence-electron chi connectivity index (χ2n) is 16.5. The molecule has 6 aromatic rings. The van der Waals surface area contributed by atoms with E-state index >= 15 is 0 Å². The number of benzene rings is 4. The molecule has 0 bridgehead atoms. The fraction of sp³-hybridized carbons (Fsp3) is 0.347. The SMILES string of the molecule is CC(C)Cc1cc2c(-c3ccc(C(C)(C)C)cc3)cccc2[cH-]1.CC(C)Cc1cc2c(-c3ccc(C(C)(C)C)cc3)cccc2[cH-]1.[CH2-]C[CH2-].[Cl-].[Cl-].[Ti+2]. The van der Waals surface area contributed by atoms with Gasteiger partial charge in [-0.1, -0.05) is 141 Å². The monoisotopic (exact) mass is 766 g/mol. The van der Waals surface area contributed by atoms with Crippen LogP contribution in [0.2, 0.25) is 0 Å². The Hall–Kier alpha value is -2.61. The van der Waals surface area contributed by atoms with Crippen molar-refractivity contribution in [2.75, 3.05) is 0 Å². The summed E-state index contributed by atoms with van der Waals surface area (Å²) >= 11 is 0. The Bertz CT molecular complexity index is 1760. The van der Waals surface area contributed by atoms with Gasteiger partial charge in [0.15, 0.2) is 0 Å². The van der Waals surface area contributed by atoms with Crippen molar-refractivity contribution in [3.63, 3.8) is 0 Å². The molecule has 0 aliphatic rings. The summed E-state index contributed by atoms with van der Waals surface area (Å²) in [7, 11) is 0. The van der Waals surface area contributed by atoms with Gasteiger partial charge in [-0.05, 0) is 57.8 Å². The summed E-state index contributed by atoms with van der Waals surface area (Å²) in [6.45, 7) is 29.4. The third kappa shape index (κ3) is 12.8. The van der Waals surface area contributed by atoms with Crippen molar-refractivity contribution in [3.8, 4) is 22.3 Å². The predicted octanol–water partition coefficient (Wildman–Crippen LogP) is 8.49. The summed E-state index contributed by atoms with van der Waals surface area (Å²) in [5, 5.41) is 5.48. The van der Waals surface area contributed by atoms with Crippen LogP contribution in [0.15, 0.2) is 109 Å². The maximum Gasteiger partial charge on any atom is 2.00 e. The molecule has 0 spiro atoms. The van der Waals surface area contributed by atoms with Crippen molar-refractivity contribution < 1.29 is 46.5 Å². The average molecular weight is 768 g/mol. The molecule has 0 aliphatic heterocycles. The Morgan fingerprint density at radius 2 is 0.827 bits per heavy atom. The van der Waals surface area contributed by atoms with Gasteiger partial charge < -0.3 is 45.1 Å². The first-order chi connectivity index (χ1) is 23.1. The van der Waals surface area contributed by atoms with Gasteiger partial charge in [0, 0.05) is 0 Å². The number of hydrogen-bond donors (Lipinski definition) is 0. The molecule has 0 N–H and O–H groups in total. The van der Waals surface area contributed by atoms with Gasteiger partial charge in [0.25, 0.3) is 0 Å². The maximum absolute atomic E-state index is 3.38. The zero-order valence-electron chi connectivity index (χ0n) is 33.3. The van der Waals surface area contributed by atoms with Crippen LogP contribution in [0.25, 0.3) is 43.8 Å². The molecule has 278 valence electrons. The predicted molar refractivity (Wildman–Crippen MR) is 220 cm³/mol. The van der Waals surface area contributed by atoms with Crippen molar-refractivity contribution in [2.24, 2.45) is 11.8 Å². The van der Waals surface area contributed by atoms with Crippen molar-refractivity contribution in [2.45, 2.75) is 99.3 Å². The third-order valence-corrected chi connectivity index (χ3v) is 9.03. The number of halogens is 2. The van der Waals surface area contributed by atoms with Crippen LogP contribution in [0.5, 0.6) is 0 Å². The minimum atomic E-state index is 0. The van der Waals surface area contributed by atoms with Crippen LogP contribution in [0.3, 0.4) is 0 Å². The van der Waals surface area contributed by atoms with Crippen LogP contribution in [0, 0.1) is 25.7 Å². The van der Waals surface area contributed by atoms with E-state index in [1.807, 2.05) is 0 Å². The topological polar surface area (TPSA) is 0 Å². The normalized spacial score (nSPS) is 11.2. The van der Waals surface area contributed by atoms with Crippen molar-refractivity contribution in [3.05, 3.63) is 145 Å². The van der Waals surface area contributed by atoms with Gasteiger partial charge >= 0.3 is 21.7 Å². The summed E-state index contributed by atoms with van der Waals surface area (Å²) in [5.41, 5.74) is 11.4. The van der Waals surface area contributed by atoms with Crippen LogP contribution >= 0.6 is 0 Å². The molecule has 0 heterocycles. The standard InChI is InChI=1S/2C23H27.C3H6.2ClH.Ti/c2*1-16(2)13-17-14-19-7-6-8-21(22(19)15-17)18-9-11-20(12-10-18)23(3,4)5;1-3-2;;;/h2*6-12,14-16H,13H2,1-5H3;1-3H2;2*1H;/q2*-1;-2;;;+2/p-2. The Kier molecular flexibility index (Phi) is 18.9. The quantitative estimate of drug-likeness (QED) is 0.118. The van der Waals surface area contributed by atoms with Gasteiger partial charge in [0.1, 0.15) is 0 Å². The van der Waals surface area contributed by atoms with E-state index in [-0.39, 0.29) is 57.4 Å². The molecule has 0 unspecified atom stereocenters. The average Bonchev–Trinajstić information content (AvgIpc) is 3.63. The Labute approximate surface area is 344 Å². The molecule has 0 aliphatic carbocycles. The van der Waals surface area contributed by atoms with Crippen molar-refractivity contribution >= 4 is 21.5 Å². The van der Waals surface area contributed by atoms with E-state index in [0.717, 1.165) is 19.3 Å². The molecule has 6 aromatic carbocycles. The fourth-order valence-electron chi connectivity index (χ4n) is 6.58. The van der Waals surface area contributed by atoms with Gasteiger partial charge in [-0.3, -0.25) is 0 Å². The molecular weight excluding hydrogens is 707 g/mol. The molecule has 0 radical (unpaired) electrons. The smallest absolute Gasteiger partial charge is 1.00 e. The molecule has 0 fully saturated rings. The van der Waals surface area contributed by atoms with Crippen LogP contribution in [-0.2, 0) is 45.4 Å². The molecule has 0 atom stereocenters. The van der Waals surface area contributed by atoms with Crippen molar-refractivity contribution in [1.82, 2.24) is 0 Å². The third-order valence-electron chi connectivity index (χ3n) is 9.03. The molecule has 52 heavy (non-hydrogen) atoms. The molecule has 0 saturated carbocycles. The molecule has 0 saturated heterocycles. The largest absolute Gasteiger partial charge is 2.00 e. The number of hydrogen-bond acceptors (Lipinski definition) is 0. The summed E-state index contributed by atoms with van der Waals surface area (Å²) in [6, 6.07) is 40.9. The summed E-state index contributed by atoms with van der Waals surface area (Å²) in [6.07, 6.45) is 3.05. The minimum Gasteiger partial charge on any atom is -1.00 e. The molecule has 6 rings (SSSR count). The Balaban J connectivity index is 0.000000459. The Morgan fingerprint density at radius 1 is 0.519 bits per heavy atom. The second-order valence-corrected chi connectivity index (χ2v) is 16.5. The summed E-state index contributed by atoms with van der Waals surface area (Å²) < 4.78 is 0. The van der Waals surface area contributed by atoms with Gasteiger partial charge in [-0.15, -0.1) is 69.1 Å². The van der Waals surface area contributed by atoms with E-state index in [1.54, 1.807) is 0 Å². The number of fused-ring (bicyclic) bond motifs is 2. The van der Waals surface area contributed by atoms with E-state index in [0.29, 0.717) is 11.8 Å². The van der Waals surface area contributed by atoms with E-state index in [4.69, 9.17) is 0 Å². The van der Waals surface area contributed by atoms with Crippen LogP contribution in [0.1, 0.15) is 97.9 Å². The first kappa shape index (κ1) is 47.4. The Morgan fingerprint density at radius 3 is 1.10 bits per heavy atom.